The monoisotopic (exact) mass is 418 g/mol. The second-order valence-electron chi connectivity index (χ2n) is 5.53. The molecule has 0 saturated heterocycles. The van der Waals surface area contributed by atoms with Gasteiger partial charge >= 0.3 is 0 Å². The number of rotatable bonds is 8. The smallest absolute Gasteiger partial charge is 0.211 e. The Morgan fingerprint density at radius 2 is 2.00 bits per heavy atom. The predicted molar refractivity (Wildman–Crippen MR) is 104 cm³/mol. The minimum absolute atomic E-state index is 0.496. The van der Waals surface area contributed by atoms with Gasteiger partial charge in [-0.1, -0.05) is 41.1 Å². The van der Waals surface area contributed by atoms with Crippen LogP contribution in [0.1, 0.15) is 18.9 Å². The first-order valence-corrected chi connectivity index (χ1v) is 10.5. The van der Waals surface area contributed by atoms with Crippen LogP contribution in [-0.2, 0) is 16.6 Å². The molecule has 0 heterocycles. The summed E-state index contributed by atoms with van der Waals surface area (Å²) in [5.74, 6) is 0.785. The molecule has 8 heteroatoms. The third-order valence-corrected chi connectivity index (χ3v) is 5.78. The maximum atomic E-state index is 11.6. The first-order chi connectivity index (χ1) is 11.3. The minimum atomic E-state index is -3.12. The standard InChI is InChI=1S/C16H27BrN4O2S/c1-5-21(24(4,22)23)12-8-11-19-16(18-2)20(3)13-14-9-6-7-10-15(14)17/h6-7,9-10H,5,8,11-13H2,1-4H3,(H,18,19). The molecule has 0 amide bonds. The van der Waals surface area contributed by atoms with Crippen LogP contribution in [0.3, 0.4) is 0 Å². The van der Waals surface area contributed by atoms with Crippen molar-refractivity contribution in [3.05, 3.63) is 34.3 Å². The fraction of sp³-hybridized carbons (Fsp3) is 0.562. The van der Waals surface area contributed by atoms with Gasteiger partial charge in [0.2, 0.25) is 10.0 Å². The molecular formula is C16H27BrN4O2S. The fourth-order valence-corrected chi connectivity index (χ4v) is 3.70. The van der Waals surface area contributed by atoms with Gasteiger partial charge in [0.25, 0.3) is 0 Å². The van der Waals surface area contributed by atoms with E-state index in [1.165, 1.54) is 16.1 Å². The topological polar surface area (TPSA) is 65.0 Å². The van der Waals surface area contributed by atoms with E-state index in [1.54, 1.807) is 7.05 Å². The number of nitrogens with zero attached hydrogens (tertiary/aromatic N) is 3. The SMILES string of the molecule is CCN(CCCNC(=NC)N(C)Cc1ccccc1Br)S(C)(=O)=O. The van der Waals surface area contributed by atoms with E-state index in [9.17, 15) is 8.42 Å². The van der Waals surface area contributed by atoms with Gasteiger partial charge < -0.3 is 10.2 Å². The summed E-state index contributed by atoms with van der Waals surface area (Å²) in [6, 6.07) is 8.08. The Balaban J connectivity index is 2.49. The molecule has 0 aromatic heterocycles. The van der Waals surface area contributed by atoms with Gasteiger partial charge in [-0.25, -0.2) is 12.7 Å². The van der Waals surface area contributed by atoms with Gasteiger partial charge in [-0.15, -0.1) is 0 Å². The van der Waals surface area contributed by atoms with Crippen LogP contribution in [0, 0.1) is 0 Å². The number of sulfonamides is 1. The van der Waals surface area contributed by atoms with Crippen LogP contribution >= 0.6 is 15.9 Å². The first-order valence-electron chi connectivity index (χ1n) is 7.90. The summed E-state index contributed by atoms with van der Waals surface area (Å²) in [5.41, 5.74) is 1.18. The number of hydrogen-bond donors (Lipinski definition) is 1. The Morgan fingerprint density at radius 3 is 2.54 bits per heavy atom. The van der Waals surface area contributed by atoms with E-state index in [1.807, 2.05) is 37.1 Å². The van der Waals surface area contributed by atoms with Crippen LogP contribution in [0.4, 0.5) is 0 Å². The molecule has 0 unspecified atom stereocenters. The average molecular weight is 419 g/mol. The largest absolute Gasteiger partial charge is 0.356 e. The number of aliphatic imine (C=N–C) groups is 1. The molecule has 136 valence electrons. The zero-order chi connectivity index (χ0) is 18.2. The lowest BCUT2D eigenvalue weighted by Gasteiger charge is -2.23. The Hall–Kier alpha value is -1.12. The molecule has 0 saturated carbocycles. The molecule has 1 aromatic rings. The molecule has 1 N–H and O–H groups in total. The van der Waals surface area contributed by atoms with Gasteiger partial charge in [0.05, 0.1) is 6.26 Å². The van der Waals surface area contributed by atoms with Gasteiger partial charge in [0, 0.05) is 44.7 Å². The molecule has 0 bridgehead atoms. The molecule has 6 nitrogen and oxygen atoms in total. The number of halogens is 1. The minimum Gasteiger partial charge on any atom is -0.356 e. The van der Waals surface area contributed by atoms with Crippen LogP contribution in [0.15, 0.2) is 33.7 Å². The lowest BCUT2D eigenvalue weighted by atomic mass is 10.2. The third kappa shape index (κ3) is 6.78. The normalized spacial score (nSPS) is 12.5. The van der Waals surface area contributed by atoms with E-state index in [4.69, 9.17) is 0 Å². The Morgan fingerprint density at radius 1 is 1.33 bits per heavy atom. The van der Waals surface area contributed by atoms with Gasteiger partial charge in [-0.3, -0.25) is 4.99 Å². The molecule has 0 aliphatic heterocycles. The lowest BCUT2D eigenvalue weighted by Crippen LogP contribution is -2.40. The Kier molecular flexibility index (Phi) is 8.72. The van der Waals surface area contributed by atoms with Gasteiger partial charge in [0.1, 0.15) is 0 Å². The van der Waals surface area contributed by atoms with Crippen molar-refractivity contribution >= 4 is 31.9 Å². The second kappa shape index (κ2) is 10.0. The number of benzene rings is 1. The summed E-state index contributed by atoms with van der Waals surface area (Å²) < 4.78 is 25.7. The Labute approximate surface area is 154 Å². The lowest BCUT2D eigenvalue weighted by molar-refractivity contribution is 0.419. The highest BCUT2D eigenvalue weighted by Gasteiger charge is 2.14. The van der Waals surface area contributed by atoms with Crippen molar-refractivity contribution in [2.75, 3.05) is 40.0 Å². The number of hydrogen-bond acceptors (Lipinski definition) is 3. The van der Waals surface area contributed by atoms with E-state index in [-0.39, 0.29) is 0 Å². The van der Waals surface area contributed by atoms with E-state index >= 15 is 0 Å². The summed E-state index contributed by atoms with van der Waals surface area (Å²) in [5, 5.41) is 3.28. The van der Waals surface area contributed by atoms with E-state index in [2.05, 4.69) is 32.3 Å². The van der Waals surface area contributed by atoms with Crippen LogP contribution < -0.4 is 5.32 Å². The van der Waals surface area contributed by atoms with Crippen molar-refractivity contribution < 1.29 is 8.42 Å². The number of nitrogens with one attached hydrogen (secondary N) is 1. The van der Waals surface area contributed by atoms with E-state index in [0.717, 1.165) is 23.4 Å². The molecule has 1 rings (SSSR count). The van der Waals surface area contributed by atoms with E-state index in [0.29, 0.717) is 19.6 Å². The third-order valence-electron chi connectivity index (χ3n) is 3.63. The molecule has 0 spiro atoms. The van der Waals surface area contributed by atoms with Crippen LogP contribution in [-0.4, -0.2) is 63.6 Å². The maximum absolute atomic E-state index is 11.6. The Bertz CT molecular complexity index is 649. The zero-order valence-corrected chi connectivity index (χ0v) is 17.2. The highest BCUT2D eigenvalue weighted by Crippen LogP contribution is 2.17. The van der Waals surface area contributed by atoms with Crippen molar-refractivity contribution in [1.29, 1.82) is 0 Å². The van der Waals surface area contributed by atoms with Gasteiger partial charge in [-0.05, 0) is 18.1 Å². The maximum Gasteiger partial charge on any atom is 0.211 e. The highest BCUT2D eigenvalue weighted by molar-refractivity contribution is 9.10. The molecule has 0 atom stereocenters. The summed E-state index contributed by atoms with van der Waals surface area (Å²) in [6.45, 7) is 4.24. The molecule has 0 aliphatic rings. The van der Waals surface area contributed by atoms with Crippen LogP contribution in [0.5, 0.6) is 0 Å². The summed E-state index contributed by atoms with van der Waals surface area (Å²) in [4.78, 5) is 6.32. The predicted octanol–water partition coefficient (Wildman–Crippen LogP) is 2.13. The fourth-order valence-electron chi connectivity index (χ4n) is 2.36. The zero-order valence-electron chi connectivity index (χ0n) is 14.8. The molecule has 0 fully saturated rings. The van der Waals surface area contributed by atoms with Crippen LogP contribution in [0.25, 0.3) is 0 Å². The average Bonchev–Trinajstić information content (AvgIpc) is 2.51. The van der Waals surface area contributed by atoms with Crippen LogP contribution in [0.2, 0.25) is 0 Å². The molecule has 1 aromatic carbocycles. The van der Waals surface area contributed by atoms with Crippen molar-refractivity contribution in [2.45, 2.75) is 19.9 Å². The molecule has 24 heavy (non-hydrogen) atoms. The van der Waals surface area contributed by atoms with Crippen molar-refractivity contribution in [1.82, 2.24) is 14.5 Å². The van der Waals surface area contributed by atoms with Gasteiger partial charge in [0.15, 0.2) is 5.96 Å². The molecular weight excluding hydrogens is 392 g/mol. The molecule has 0 aliphatic carbocycles. The summed E-state index contributed by atoms with van der Waals surface area (Å²) in [7, 11) is 0.596. The first kappa shape index (κ1) is 20.9. The number of guanidine groups is 1. The van der Waals surface area contributed by atoms with Gasteiger partial charge in [-0.2, -0.15) is 0 Å². The van der Waals surface area contributed by atoms with Crippen molar-refractivity contribution in [3.63, 3.8) is 0 Å². The quantitative estimate of drug-likeness (QED) is 0.398. The summed E-state index contributed by atoms with van der Waals surface area (Å²) in [6.07, 6.45) is 1.97. The van der Waals surface area contributed by atoms with Crippen molar-refractivity contribution in [3.8, 4) is 0 Å². The summed E-state index contributed by atoms with van der Waals surface area (Å²) >= 11 is 3.55. The highest BCUT2D eigenvalue weighted by atomic mass is 79.9. The van der Waals surface area contributed by atoms with E-state index < -0.39 is 10.0 Å². The second-order valence-corrected chi connectivity index (χ2v) is 8.37. The molecule has 0 radical (unpaired) electrons. The van der Waals surface area contributed by atoms with Crippen molar-refractivity contribution in [2.24, 2.45) is 4.99 Å².